The number of nitrogens with two attached hydrogens (primary N) is 1. The highest BCUT2D eigenvalue weighted by molar-refractivity contribution is 5.60. The fraction of sp³-hybridized carbons (Fsp3) is 0.143. The van der Waals surface area contributed by atoms with Crippen LogP contribution in [0.25, 0.3) is 0 Å². The summed E-state index contributed by atoms with van der Waals surface area (Å²) in [4.78, 5) is 2.98. The number of aromatic nitrogens is 1. The summed E-state index contributed by atoms with van der Waals surface area (Å²) in [6, 6.07) is 1.30. The summed E-state index contributed by atoms with van der Waals surface area (Å²) >= 11 is 0. The molecule has 0 bridgehead atoms. The third kappa shape index (κ3) is 2.46. The maximum atomic E-state index is 12.8. The third-order valence-electron chi connectivity index (χ3n) is 1.36. The fourth-order valence-electron chi connectivity index (χ4n) is 0.790. The second kappa shape index (κ2) is 3.61. The number of nitrogen functional groups attached to an aromatic ring is 1. The lowest BCUT2D eigenvalue weighted by molar-refractivity contribution is -0.275. The monoisotopic (exact) mass is 221 g/mol. The van der Waals surface area contributed by atoms with Crippen molar-refractivity contribution in [3.05, 3.63) is 17.6 Å². The standard InChI is InChI=1S/C7H3F4N3O/c8-4-2-14-6(15-7(9,10)11)5(13)3(4)1-12/h2H,13H2. The predicted molar refractivity (Wildman–Crippen MR) is 40.0 cm³/mol. The lowest BCUT2D eigenvalue weighted by atomic mass is 10.2. The van der Waals surface area contributed by atoms with Crippen molar-refractivity contribution in [3.8, 4) is 11.9 Å². The van der Waals surface area contributed by atoms with Crippen LogP contribution in [0.5, 0.6) is 5.88 Å². The fourth-order valence-corrected chi connectivity index (χ4v) is 0.790. The van der Waals surface area contributed by atoms with Crippen LogP contribution in [-0.4, -0.2) is 11.3 Å². The molecule has 4 nitrogen and oxygen atoms in total. The minimum absolute atomic E-state index is 0.427. The zero-order chi connectivity index (χ0) is 11.6. The highest BCUT2D eigenvalue weighted by Crippen LogP contribution is 2.29. The number of pyridine rings is 1. The summed E-state index contributed by atoms with van der Waals surface area (Å²) < 4.78 is 51.4. The van der Waals surface area contributed by atoms with E-state index in [9.17, 15) is 17.6 Å². The van der Waals surface area contributed by atoms with Gasteiger partial charge in [-0.15, -0.1) is 13.2 Å². The lowest BCUT2D eigenvalue weighted by Gasteiger charge is -2.10. The number of hydrogen-bond donors (Lipinski definition) is 1. The lowest BCUT2D eigenvalue weighted by Crippen LogP contribution is -2.19. The van der Waals surface area contributed by atoms with E-state index in [1.165, 1.54) is 6.07 Å². The molecule has 0 aliphatic rings. The maximum Gasteiger partial charge on any atom is 0.574 e. The Morgan fingerprint density at radius 1 is 1.47 bits per heavy atom. The second-order valence-electron chi connectivity index (χ2n) is 2.36. The molecule has 0 saturated carbocycles. The molecule has 1 aromatic heterocycles. The van der Waals surface area contributed by atoms with Crippen LogP contribution in [0.1, 0.15) is 5.56 Å². The molecule has 0 aliphatic carbocycles. The van der Waals surface area contributed by atoms with Crippen molar-refractivity contribution in [3.63, 3.8) is 0 Å². The van der Waals surface area contributed by atoms with Gasteiger partial charge in [-0.3, -0.25) is 0 Å². The van der Waals surface area contributed by atoms with Gasteiger partial charge in [0.1, 0.15) is 17.3 Å². The predicted octanol–water partition coefficient (Wildman–Crippen LogP) is 1.57. The first-order valence-corrected chi connectivity index (χ1v) is 3.45. The molecular formula is C7H3F4N3O. The third-order valence-corrected chi connectivity index (χ3v) is 1.36. The van der Waals surface area contributed by atoms with Gasteiger partial charge in [0.05, 0.1) is 6.20 Å². The molecule has 8 heteroatoms. The van der Waals surface area contributed by atoms with Crippen LogP contribution in [0.3, 0.4) is 0 Å². The molecule has 0 aliphatic heterocycles. The van der Waals surface area contributed by atoms with Gasteiger partial charge in [0, 0.05) is 0 Å². The average Bonchev–Trinajstić information content (AvgIpc) is 2.09. The minimum atomic E-state index is -4.99. The van der Waals surface area contributed by atoms with E-state index in [1.54, 1.807) is 0 Å². The Balaban J connectivity index is 3.18. The molecule has 0 unspecified atom stereocenters. The smallest absolute Gasteiger partial charge is 0.393 e. The van der Waals surface area contributed by atoms with E-state index in [4.69, 9.17) is 11.0 Å². The number of nitriles is 1. The Kier molecular flexibility index (Phi) is 2.65. The first-order chi connectivity index (χ1) is 6.85. The first kappa shape index (κ1) is 11.0. The number of rotatable bonds is 1. The van der Waals surface area contributed by atoms with Gasteiger partial charge in [-0.05, 0) is 0 Å². The van der Waals surface area contributed by atoms with E-state index in [0.717, 1.165) is 0 Å². The quantitative estimate of drug-likeness (QED) is 0.730. The summed E-state index contributed by atoms with van der Waals surface area (Å²) in [5.74, 6) is -2.15. The molecule has 80 valence electrons. The Labute approximate surface area is 80.9 Å². The molecule has 0 fully saturated rings. The molecule has 1 rings (SSSR count). The molecule has 0 spiro atoms. The SMILES string of the molecule is N#Cc1c(F)cnc(OC(F)(F)F)c1N. The van der Waals surface area contributed by atoms with Crippen molar-refractivity contribution in [2.45, 2.75) is 6.36 Å². The Bertz CT molecular complexity index is 423. The normalized spacial score (nSPS) is 10.9. The largest absolute Gasteiger partial charge is 0.574 e. The van der Waals surface area contributed by atoms with Gasteiger partial charge in [0.15, 0.2) is 5.82 Å². The van der Waals surface area contributed by atoms with Crippen molar-refractivity contribution >= 4 is 5.69 Å². The number of ether oxygens (including phenoxy) is 1. The molecule has 0 amide bonds. The van der Waals surface area contributed by atoms with E-state index < -0.39 is 29.3 Å². The van der Waals surface area contributed by atoms with E-state index in [2.05, 4.69) is 9.72 Å². The molecule has 1 aromatic rings. The van der Waals surface area contributed by atoms with E-state index >= 15 is 0 Å². The zero-order valence-corrected chi connectivity index (χ0v) is 6.97. The molecular weight excluding hydrogens is 218 g/mol. The van der Waals surface area contributed by atoms with Crippen LogP contribution in [0.15, 0.2) is 6.20 Å². The van der Waals surface area contributed by atoms with Gasteiger partial charge >= 0.3 is 6.36 Å². The maximum absolute atomic E-state index is 12.8. The molecule has 0 aromatic carbocycles. The van der Waals surface area contributed by atoms with Crippen molar-refractivity contribution in [1.82, 2.24) is 4.98 Å². The molecule has 15 heavy (non-hydrogen) atoms. The Morgan fingerprint density at radius 2 is 2.07 bits per heavy atom. The Morgan fingerprint density at radius 3 is 2.53 bits per heavy atom. The van der Waals surface area contributed by atoms with Crippen LogP contribution in [0, 0.1) is 17.1 Å². The number of nitrogens with zero attached hydrogens (tertiary/aromatic N) is 2. The molecule has 0 saturated heterocycles. The zero-order valence-electron chi connectivity index (χ0n) is 6.97. The molecule has 2 N–H and O–H groups in total. The molecule has 0 atom stereocenters. The van der Waals surface area contributed by atoms with Crippen LogP contribution in [-0.2, 0) is 0 Å². The van der Waals surface area contributed by atoms with Crippen molar-refractivity contribution in [1.29, 1.82) is 5.26 Å². The first-order valence-electron chi connectivity index (χ1n) is 3.45. The Hall–Kier alpha value is -2.04. The summed E-state index contributed by atoms with van der Waals surface area (Å²) in [6.07, 6.45) is -4.57. The molecule has 0 radical (unpaired) electrons. The highest BCUT2D eigenvalue weighted by Gasteiger charge is 2.33. The number of anilines is 1. The van der Waals surface area contributed by atoms with E-state index in [-0.39, 0.29) is 0 Å². The summed E-state index contributed by atoms with van der Waals surface area (Å²) in [7, 11) is 0. The van der Waals surface area contributed by atoms with E-state index in [0.29, 0.717) is 6.20 Å². The summed E-state index contributed by atoms with van der Waals surface area (Å²) in [5, 5.41) is 8.39. The van der Waals surface area contributed by atoms with Crippen molar-refractivity contribution < 1.29 is 22.3 Å². The molecule has 1 heterocycles. The van der Waals surface area contributed by atoms with Crippen LogP contribution in [0.4, 0.5) is 23.2 Å². The van der Waals surface area contributed by atoms with Crippen molar-refractivity contribution in [2.24, 2.45) is 0 Å². The average molecular weight is 221 g/mol. The summed E-state index contributed by atoms with van der Waals surface area (Å²) in [5.41, 5.74) is 3.54. The van der Waals surface area contributed by atoms with Gasteiger partial charge in [-0.1, -0.05) is 0 Å². The van der Waals surface area contributed by atoms with Gasteiger partial charge < -0.3 is 10.5 Å². The van der Waals surface area contributed by atoms with E-state index in [1.807, 2.05) is 0 Å². The van der Waals surface area contributed by atoms with Crippen LogP contribution >= 0.6 is 0 Å². The number of alkyl halides is 3. The number of hydrogen-bond acceptors (Lipinski definition) is 4. The summed E-state index contributed by atoms with van der Waals surface area (Å²) in [6.45, 7) is 0. The number of halogens is 4. The van der Waals surface area contributed by atoms with Gasteiger partial charge in [-0.2, -0.15) is 5.26 Å². The van der Waals surface area contributed by atoms with Crippen LogP contribution < -0.4 is 10.5 Å². The topological polar surface area (TPSA) is 71.9 Å². The highest BCUT2D eigenvalue weighted by atomic mass is 19.4. The van der Waals surface area contributed by atoms with Gasteiger partial charge in [0.2, 0.25) is 5.88 Å². The van der Waals surface area contributed by atoms with Crippen molar-refractivity contribution in [2.75, 3.05) is 5.73 Å². The van der Waals surface area contributed by atoms with Gasteiger partial charge in [-0.25, -0.2) is 9.37 Å². The minimum Gasteiger partial charge on any atom is -0.393 e. The second-order valence-corrected chi connectivity index (χ2v) is 2.36. The van der Waals surface area contributed by atoms with Gasteiger partial charge in [0.25, 0.3) is 0 Å². The van der Waals surface area contributed by atoms with Crippen LogP contribution in [0.2, 0.25) is 0 Å².